The predicted molar refractivity (Wildman–Crippen MR) is 74.2 cm³/mol. The van der Waals surface area contributed by atoms with E-state index in [2.05, 4.69) is 10.4 Å². The lowest BCUT2D eigenvalue weighted by Crippen LogP contribution is -2.45. The lowest BCUT2D eigenvalue weighted by molar-refractivity contribution is -0.0363. The molecule has 0 aliphatic heterocycles. The summed E-state index contributed by atoms with van der Waals surface area (Å²) in [5, 5.41) is 3.35. The van der Waals surface area contributed by atoms with Crippen molar-refractivity contribution in [2.45, 2.75) is 45.1 Å². The van der Waals surface area contributed by atoms with Gasteiger partial charge in [-0.3, -0.25) is 0 Å². The number of nitrogens with two attached hydrogens (primary N) is 1. The molecule has 3 heteroatoms. The zero-order chi connectivity index (χ0) is 12.1. The van der Waals surface area contributed by atoms with E-state index in [1.165, 1.54) is 37.8 Å². The van der Waals surface area contributed by atoms with Crippen molar-refractivity contribution in [1.29, 1.82) is 0 Å². The molecular weight excluding hydrogens is 240 g/mol. The third-order valence-corrected chi connectivity index (χ3v) is 6.56. The molecule has 2 nitrogen and oxygen atoms in total. The first kappa shape index (κ1) is 11.4. The molecule has 0 amide bonds. The Morgan fingerprint density at radius 1 is 1.11 bits per heavy atom. The molecule has 0 spiro atoms. The minimum Gasteiger partial charge on any atom is -0.325 e. The largest absolute Gasteiger partial charge is 0.325 e. The Morgan fingerprint density at radius 2 is 1.78 bits per heavy atom. The molecule has 1 aromatic heterocycles. The maximum Gasteiger partial charge on any atom is 0.106 e. The molecule has 5 rings (SSSR count). The van der Waals surface area contributed by atoms with E-state index < -0.39 is 0 Å². The SMILES string of the molecule is NCc1nc(CC2C3CC4CC(C3)CC2C4)cs1. The number of thiazole rings is 1. The van der Waals surface area contributed by atoms with Crippen molar-refractivity contribution in [2.24, 2.45) is 35.3 Å². The molecule has 4 fully saturated rings. The first-order valence-corrected chi connectivity index (χ1v) is 8.33. The molecule has 4 bridgehead atoms. The Hall–Kier alpha value is -0.410. The fourth-order valence-corrected chi connectivity index (χ4v) is 5.84. The van der Waals surface area contributed by atoms with Crippen molar-refractivity contribution in [3.8, 4) is 0 Å². The van der Waals surface area contributed by atoms with Crippen LogP contribution in [0.2, 0.25) is 0 Å². The normalized spacial score (nSPS) is 41.5. The van der Waals surface area contributed by atoms with Crippen LogP contribution in [-0.2, 0) is 13.0 Å². The van der Waals surface area contributed by atoms with Gasteiger partial charge in [0.05, 0.1) is 5.69 Å². The van der Waals surface area contributed by atoms with E-state index in [0.29, 0.717) is 6.54 Å². The third-order valence-electron chi connectivity index (χ3n) is 5.64. The van der Waals surface area contributed by atoms with Crippen LogP contribution in [-0.4, -0.2) is 4.98 Å². The molecule has 98 valence electrons. The lowest BCUT2D eigenvalue weighted by Gasteiger charge is -2.54. The van der Waals surface area contributed by atoms with Gasteiger partial charge < -0.3 is 5.73 Å². The Labute approximate surface area is 113 Å². The minimum atomic E-state index is 0.604. The highest BCUT2D eigenvalue weighted by Crippen LogP contribution is 2.57. The maximum absolute atomic E-state index is 5.66. The molecule has 0 saturated heterocycles. The fraction of sp³-hybridized carbons (Fsp3) is 0.800. The van der Waals surface area contributed by atoms with Crippen molar-refractivity contribution in [1.82, 2.24) is 4.98 Å². The minimum absolute atomic E-state index is 0.604. The second kappa shape index (κ2) is 4.31. The number of aromatic nitrogens is 1. The molecule has 1 heterocycles. The standard InChI is InChI=1S/C15H22N2S/c16-7-15-17-13(8-18-15)6-14-11-2-9-1-10(4-11)5-12(14)3-9/h8-12,14H,1-7,16H2. The zero-order valence-corrected chi connectivity index (χ0v) is 11.7. The van der Waals surface area contributed by atoms with Gasteiger partial charge in [-0.15, -0.1) is 11.3 Å². The molecule has 4 saturated carbocycles. The summed E-state index contributed by atoms with van der Waals surface area (Å²) in [7, 11) is 0. The van der Waals surface area contributed by atoms with Crippen LogP contribution in [0.5, 0.6) is 0 Å². The van der Waals surface area contributed by atoms with Crippen LogP contribution in [0.25, 0.3) is 0 Å². The molecule has 1 aromatic rings. The van der Waals surface area contributed by atoms with Gasteiger partial charge in [-0.25, -0.2) is 4.98 Å². The smallest absolute Gasteiger partial charge is 0.106 e. The van der Waals surface area contributed by atoms with Crippen molar-refractivity contribution in [3.63, 3.8) is 0 Å². The van der Waals surface area contributed by atoms with Crippen molar-refractivity contribution < 1.29 is 0 Å². The van der Waals surface area contributed by atoms with Crippen LogP contribution in [0, 0.1) is 29.6 Å². The van der Waals surface area contributed by atoms with Crippen LogP contribution in [0.15, 0.2) is 5.38 Å². The van der Waals surface area contributed by atoms with Gasteiger partial charge in [-0.1, -0.05) is 0 Å². The highest BCUT2D eigenvalue weighted by atomic mass is 32.1. The topological polar surface area (TPSA) is 38.9 Å². The van der Waals surface area contributed by atoms with Crippen LogP contribution < -0.4 is 5.73 Å². The first-order valence-electron chi connectivity index (χ1n) is 7.45. The third kappa shape index (κ3) is 1.83. The predicted octanol–water partition coefficient (Wildman–Crippen LogP) is 3.22. The highest BCUT2D eigenvalue weighted by molar-refractivity contribution is 7.09. The van der Waals surface area contributed by atoms with Crippen LogP contribution in [0.3, 0.4) is 0 Å². The second-order valence-electron chi connectivity index (χ2n) is 6.74. The van der Waals surface area contributed by atoms with Gasteiger partial charge in [0.15, 0.2) is 0 Å². The van der Waals surface area contributed by atoms with Crippen molar-refractivity contribution in [3.05, 3.63) is 16.1 Å². The summed E-state index contributed by atoms with van der Waals surface area (Å²) in [6, 6.07) is 0. The van der Waals surface area contributed by atoms with E-state index in [4.69, 9.17) is 5.73 Å². The average Bonchev–Trinajstić information content (AvgIpc) is 2.80. The number of hydrogen-bond donors (Lipinski definition) is 1. The molecule has 0 radical (unpaired) electrons. The van der Waals surface area contributed by atoms with Crippen LogP contribution in [0.4, 0.5) is 0 Å². The van der Waals surface area contributed by atoms with Gasteiger partial charge >= 0.3 is 0 Å². The van der Waals surface area contributed by atoms with Crippen LogP contribution >= 0.6 is 11.3 Å². The molecule has 4 aliphatic carbocycles. The van der Waals surface area contributed by atoms with Gasteiger partial charge in [-0.2, -0.15) is 0 Å². The first-order chi connectivity index (χ1) is 8.81. The van der Waals surface area contributed by atoms with Crippen LogP contribution in [0.1, 0.15) is 42.8 Å². The van der Waals surface area contributed by atoms with E-state index in [9.17, 15) is 0 Å². The summed E-state index contributed by atoms with van der Waals surface area (Å²) < 4.78 is 0. The van der Waals surface area contributed by atoms with Gasteiger partial charge in [0.2, 0.25) is 0 Å². The summed E-state index contributed by atoms with van der Waals surface area (Å²) in [6.45, 7) is 0.604. The summed E-state index contributed by atoms with van der Waals surface area (Å²) in [5.41, 5.74) is 6.98. The zero-order valence-electron chi connectivity index (χ0n) is 10.8. The van der Waals surface area contributed by atoms with E-state index in [1.54, 1.807) is 17.8 Å². The number of rotatable bonds is 3. The summed E-state index contributed by atoms with van der Waals surface area (Å²) in [4.78, 5) is 4.67. The summed E-state index contributed by atoms with van der Waals surface area (Å²) in [5.74, 6) is 5.14. The molecule has 0 aromatic carbocycles. The van der Waals surface area contributed by atoms with Gasteiger partial charge in [0, 0.05) is 11.9 Å². The molecule has 0 unspecified atom stereocenters. The van der Waals surface area contributed by atoms with E-state index in [1.807, 2.05) is 0 Å². The Balaban J connectivity index is 1.51. The van der Waals surface area contributed by atoms with Crippen molar-refractivity contribution in [2.75, 3.05) is 0 Å². The highest BCUT2D eigenvalue weighted by Gasteiger charge is 2.47. The van der Waals surface area contributed by atoms with Crippen molar-refractivity contribution >= 4 is 11.3 Å². The summed E-state index contributed by atoms with van der Waals surface area (Å²) in [6.07, 6.45) is 8.85. The van der Waals surface area contributed by atoms with E-state index in [-0.39, 0.29) is 0 Å². The van der Waals surface area contributed by atoms with Gasteiger partial charge in [0.25, 0.3) is 0 Å². The fourth-order valence-electron chi connectivity index (χ4n) is 5.15. The number of nitrogens with zero attached hydrogens (tertiary/aromatic N) is 1. The molecule has 18 heavy (non-hydrogen) atoms. The Bertz CT molecular complexity index is 411. The quantitative estimate of drug-likeness (QED) is 0.908. The van der Waals surface area contributed by atoms with E-state index in [0.717, 1.165) is 34.6 Å². The van der Waals surface area contributed by atoms with Gasteiger partial charge in [-0.05, 0) is 68.1 Å². The Kier molecular flexibility index (Phi) is 2.73. The molecule has 0 atom stereocenters. The average molecular weight is 262 g/mol. The van der Waals surface area contributed by atoms with E-state index >= 15 is 0 Å². The number of hydrogen-bond acceptors (Lipinski definition) is 3. The monoisotopic (exact) mass is 262 g/mol. The molecule has 2 N–H and O–H groups in total. The molecule has 4 aliphatic rings. The second-order valence-corrected chi connectivity index (χ2v) is 7.68. The summed E-state index contributed by atoms with van der Waals surface area (Å²) >= 11 is 1.74. The lowest BCUT2D eigenvalue weighted by atomic mass is 9.51. The Morgan fingerprint density at radius 3 is 2.33 bits per heavy atom. The molecular formula is C15H22N2S. The van der Waals surface area contributed by atoms with Gasteiger partial charge in [0.1, 0.15) is 5.01 Å². The maximum atomic E-state index is 5.66.